The zero-order valence-electron chi connectivity index (χ0n) is 25.7. The van der Waals surface area contributed by atoms with Gasteiger partial charge in [-0.3, -0.25) is 9.48 Å². The fourth-order valence-electron chi connectivity index (χ4n) is 5.32. The highest BCUT2D eigenvalue weighted by Crippen LogP contribution is 2.37. The molecule has 0 saturated heterocycles. The van der Waals surface area contributed by atoms with E-state index in [1.165, 1.54) is 0 Å². The predicted molar refractivity (Wildman–Crippen MR) is 170 cm³/mol. The number of rotatable bonds is 14. The van der Waals surface area contributed by atoms with Gasteiger partial charge in [-0.1, -0.05) is 89.4 Å². The first-order valence-electron chi connectivity index (χ1n) is 15.0. The van der Waals surface area contributed by atoms with E-state index in [4.69, 9.17) is 9.47 Å². The molecule has 1 unspecified atom stereocenters. The van der Waals surface area contributed by atoms with Gasteiger partial charge in [0.05, 0.1) is 13.7 Å². The molecule has 1 atom stereocenters. The van der Waals surface area contributed by atoms with Crippen molar-refractivity contribution in [3.05, 3.63) is 107 Å². The molecule has 0 aliphatic carbocycles. The highest BCUT2D eigenvalue weighted by Gasteiger charge is 2.24. The van der Waals surface area contributed by atoms with Gasteiger partial charge in [0.25, 0.3) is 0 Å². The number of nitrogens with zero attached hydrogens (tertiary/aromatic N) is 2. The number of benzene rings is 3. The van der Waals surface area contributed by atoms with E-state index in [0.717, 1.165) is 65.1 Å². The van der Waals surface area contributed by atoms with Crippen LogP contribution in [0.3, 0.4) is 0 Å². The van der Waals surface area contributed by atoms with Crippen molar-refractivity contribution >= 4 is 11.6 Å². The van der Waals surface area contributed by atoms with Crippen LogP contribution in [-0.2, 0) is 23.4 Å². The zero-order valence-corrected chi connectivity index (χ0v) is 25.7. The SMILES string of the molecule is CCCCCC(CC(=O)Nc1cc(Cn2cccn2)ccc1C(C)(C)C)c1cc(OCc2ccccc2)ccc1OC. The number of unbranched alkanes of at least 4 members (excludes halogenated alkanes) is 2. The summed E-state index contributed by atoms with van der Waals surface area (Å²) in [5.41, 5.74) is 5.05. The molecule has 0 radical (unpaired) electrons. The molecule has 0 bridgehead atoms. The number of hydrogen-bond donors (Lipinski definition) is 1. The molecule has 0 aliphatic rings. The van der Waals surface area contributed by atoms with Crippen LogP contribution >= 0.6 is 0 Å². The Bertz CT molecular complexity index is 1410. The molecule has 222 valence electrons. The molecule has 6 nitrogen and oxygen atoms in total. The van der Waals surface area contributed by atoms with Crippen LogP contribution in [0.25, 0.3) is 0 Å². The first-order chi connectivity index (χ1) is 20.3. The summed E-state index contributed by atoms with van der Waals surface area (Å²) in [5.74, 6) is 1.55. The number of anilines is 1. The highest BCUT2D eigenvalue weighted by atomic mass is 16.5. The summed E-state index contributed by atoms with van der Waals surface area (Å²) in [5, 5.41) is 7.63. The summed E-state index contributed by atoms with van der Waals surface area (Å²) < 4.78 is 13.8. The minimum absolute atomic E-state index is 0.00267. The van der Waals surface area contributed by atoms with Crippen LogP contribution in [0.4, 0.5) is 5.69 Å². The number of carbonyl (C=O) groups excluding carboxylic acids is 1. The van der Waals surface area contributed by atoms with E-state index in [9.17, 15) is 4.79 Å². The fraction of sp³-hybridized carbons (Fsp3) is 0.389. The second-order valence-corrected chi connectivity index (χ2v) is 12.0. The van der Waals surface area contributed by atoms with E-state index in [1.807, 2.05) is 47.3 Å². The van der Waals surface area contributed by atoms with Crippen molar-refractivity contribution in [1.82, 2.24) is 9.78 Å². The Kier molecular flexibility index (Phi) is 10.8. The molecule has 1 heterocycles. The average Bonchev–Trinajstić information content (AvgIpc) is 3.48. The monoisotopic (exact) mass is 567 g/mol. The molecule has 3 aromatic carbocycles. The molecule has 4 rings (SSSR count). The van der Waals surface area contributed by atoms with E-state index in [0.29, 0.717) is 19.6 Å². The van der Waals surface area contributed by atoms with Crippen molar-refractivity contribution < 1.29 is 14.3 Å². The Morgan fingerprint density at radius 1 is 0.976 bits per heavy atom. The first kappa shape index (κ1) is 30.9. The van der Waals surface area contributed by atoms with Crippen molar-refractivity contribution in [2.24, 2.45) is 0 Å². The summed E-state index contributed by atoms with van der Waals surface area (Å²) in [6, 6.07) is 24.3. The zero-order chi connectivity index (χ0) is 30.0. The van der Waals surface area contributed by atoms with Crippen LogP contribution in [0, 0.1) is 0 Å². The van der Waals surface area contributed by atoms with Crippen molar-refractivity contribution in [2.75, 3.05) is 12.4 Å². The van der Waals surface area contributed by atoms with E-state index in [2.05, 4.69) is 74.5 Å². The third-order valence-electron chi connectivity index (χ3n) is 7.55. The van der Waals surface area contributed by atoms with Crippen molar-refractivity contribution in [3.63, 3.8) is 0 Å². The summed E-state index contributed by atoms with van der Waals surface area (Å²) in [6.07, 6.45) is 8.25. The molecule has 0 fully saturated rings. The summed E-state index contributed by atoms with van der Waals surface area (Å²) in [4.78, 5) is 13.7. The van der Waals surface area contributed by atoms with E-state index in [-0.39, 0.29) is 17.2 Å². The van der Waals surface area contributed by atoms with Gasteiger partial charge < -0.3 is 14.8 Å². The minimum atomic E-state index is -0.124. The van der Waals surface area contributed by atoms with Gasteiger partial charge in [-0.15, -0.1) is 0 Å². The van der Waals surface area contributed by atoms with Gasteiger partial charge in [-0.05, 0) is 64.8 Å². The number of nitrogens with one attached hydrogen (secondary N) is 1. The molecule has 0 aliphatic heterocycles. The predicted octanol–water partition coefficient (Wildman–Crippen LogP) is 8.51. The molecule has 4 aromatic rings. The van der Waals surface area contributed by atoms with Crippen LogP contribution < -0.4 is 14.8 Å². The molecule has 42 heavy (non-hydrogen) atoms. The second-order valence-electron chi connectivity index (χ2n) is 12.0. The molecular weight excluding hydrogens is 522 g/mol. The minimum Gasteiger partial charge on any atom is -0.496 e. The number of amides is 1. The number of aromatic nitrogens is 2. The van der Waals surface area contributed by atoms with E-state index in [1.54, 1.807) is 13.3 Å². The Morgan fingerprint density at radius 2 is 1.79 bits per heavy atom. The smallest absolute Gasteiger partial charge is 0.224 e. The standard InChI is InChI=1S/C36H45N3O3/c1-6-7-9-15-29(31-24-30(17-19-34(31)41-5)42-26-27-13-10-8-11-14-27)23-35(40)38-33-22-28(25-39-21-12-20-37-39)16-18-32(33)36(2,3)4/h8,10-14,16-22,24,29H,6-7,9,15,23,25-26H2,1-5H3,(H,38,40). The van der Waals surface area contributed by atoms with Gasteiger partial charge in [0.2, 0.25) is 5.91 Å². The molecule has 6 heteroatoms. The molecule has 1 aromatic heterocycles. The van der Waals surface area contributed by atoms with Gasteiger partial charge in [0.15, 0.2) is 0 Å². The van der Waals surface area contributed by atoms with Crippen LogP contribution in [0.15, 0.2) is 85.2 Å². The van der Waals surface area contributed by atoms with Gasteiger partial charge in [0, 0.05) is 30.1 Å². The Balaban J connectivity index is 1.57. The Labute approximate surface area is 251 Å². The number of methoxy groups -OCH3 is 1. The fourth-order valence-corrected chi connectivity index (χ4v) is 5.32. The molecular formula is C36H45N3O3. The van der Waals surface area contributed by atoms with Crippen molar-refractivity contribution in [3.8, 4) is 11.5 Å². The molecule has 1 amide bonds. The van der Waals surface area contributed by atoms with Crippen molar-refractivity contribution in [1.29, 1.82) is 0 Å². The average molecular weight is 568 g/mol. The van der Waals surface area contributed by atoms with Crippen molar-refractivity contribution in [2.45, 2.75) is 84.3 Å². The molecule has 0 saturated carbocycles. The maximum absolute atomic E-state index is 13.7. The lowest BCUT2D eigenvalue weighted by Gasteiger charge is -2.25. The Morgan fingerprint density at radius 3 is 2.48 bits per heavy atom. The summed E-state index contributed by atoms with van der Waals surface area (Å²) in [7, 11) is 1.69. The normalized spacial score (nSPS) is 12.1. The molecule has 0 spiro atoms. The maximum atomic E-state index is 13.7. The van der Waals surface area contributed by atoms with Crippen LogP contribution in [0.5, 0.6) is 11.5 Å². The maximum Gasteiger partial charge on any atom is 0.224 e. The van der Waals surface area contributed by atoms with Gasteiger partial charge in [0.1, 0.15) is 18.1 Å². The van der Waals surface area contributed by atoms with Crippen LogP contribution in [0.1, 0.15) is 88.0 Å². The van der Waals surface area contributed by atoms with Crippen LogP contribution in [0.2, 0.25) is 0 Å². The van der Waals surface area contributed by atoms with Gasteiger partial charge >= 0.3 is 0 Å². The summed E-state index contributed by atoms with van der Waals surface area (Å²) >= 11 is 0. The highest BCUT2D eigenvalue weighted by molar-refractivity contribution is 5.92. The lowest BCUT2D eigenvalue weighted by atomic mass is 9.85. The lowest BCUT2D eigenvalue weighted by Crippen LogP contribution is -2.21. The first-order valence-corrected chi connectivity index (χ1v) is 15.0. The third-order valence-corrected chi connectivity index (χ3v) is 7.55. The van der Waals surface area contributed by atoms with E-state index >= 15 is 0 Å². The number of carbonyl (C=O) groups is 1. The van der Waals surface area contributed by atoms with E-state index < -0.39 is 0 Å². The lowest BCUT2D eigenvalue weighted by molar-refractivity contribution is -0.116. The third kappa shape index (κ3) is 8.72. The van der Waals surface area contributed by atoms with Gasteiger partial charge in [-0.25, -0.2) is 0 Å². The quantitative estimate of drug-likeness (QED) is 0.155. The second kappa shape index (κ2) is 14.7. The number of hydrogen-bond acceptors (Lipinski definition) is 4. The number of ether oxygens (including phenoxy) is 2. The van der Waals surface area contributed by atoms with Crippen LogP contribution in [-0.4, -0.2) is 22.8 Å². The topological polar surface area (TPSA) is 65.4 Å². The van der Waals surface area contributed by atoms with Gasteiger partial charge in [-0.2, -0.15) is 5.10 Å². The largest absolute Gasteiger partial charge is 0.496 e. The molecule has 1 N–H and O–H groups in total. The Hall–Kier alpha value is -4.06. The summed E-state index contributed by atoms with van der Waals surface area (Å²) in [6.45, 7) is 9.84.